The van der Waals surface area contributed by atoms with Gasteiger partial charge in [-0.3, -0.25) is 0 Å². The number of terminal acetylenes is 1. The largest absolute Gasteiger partial charge is 0.361 e. The molecule has 0 aliphatic heterocycles. The second-order valence-corrected chi connectivity index (χ2v) is 8.76. The number of fused-ring (bicyclic) bond motifs is 5. The minimum absolute atomic E-state index is 0.0306. The summed E-state index contributed by atoms with van der Waals surface area (Å²) in [4.78, 5) is 0. The molecule has 2 aromatic rings. The van der Waals surface area contributed by atoms with Gasteiger partial charge in [-0.15, -0.1) is 6.42 Å². The van der Waals surface area contributed by atoms with Gasteiger partial charge in [-0.1, -0.05) is 37.0 Å². The van der Waals surface area contributed by atoms with Gasteiger partial charge < -0.3 is 9.05 Å². The Labute approximate surface area is 147 Å². The van der Waals surface area contributed by atoms with Gasteiger partial charge in [0, 0.05) is 16.5 Å². The van der Waals surface area contributed by atoms with E-state index in [2.05, 4.69) is 43.1 Å². The number of aromatic nitrogens is 2. The fraction of sp³-hybridized carbons (Fsp3) is 0.524. The maximum absolute atomic E-state index is 6.12. The van der Waals surface area contributed by atoms with Crippen molar-refractivity contribution >= 4 is 6.08 Å². The fourth-order valence-corrected chi connectivity index (χ4v) is 6.09. The molecular formula is C21H22N2O2. The Morgan fingerprint density at radius 3 is 2.68 bits per heavy atom. The summed E-state index contributed by atoms with van der Waals surface area (Å²) < 4.78 is 11.2. The van der Waals surface area contributed by atoms with Gasteiger partial charge in [0.05, 0.1) is 17.8 Å². The van der Waals surface area contributed by atoms with Crippen molar-refractivity contribution in [1.29, 1.82) is 0 Å². The van der Waals surface area contributed by atoms with E-state index < -0.39 is 0 Å². The third-order valence-electron chi connectivity index (χ3n) is 7.14. The first kappa shape index (κ1) is 15.0. The van der Waals surface area contributed by atoms with Crippen LogP contribution in [0.5, 0.6) is 0 Å². The van der Waals surface area contributed by atoms with E-state index in [9.17, 15) is 0 Å². The van der Waals surface area contributed by atoms with Gasteiger partial charge in [-0.25, -0.2) is 0 Å². The van der Waals surface area contributed by atoms with E-state index in [0.29, 0.717) is 5.92 Å². The van der Waals surface area contributed by atoms with Crippen molar-refractivity contribution in [2.45, 2.75) is 51.9 Å². The van der Waals surface area contributed by atoms with Crippen LogP contribution in [0.25, 0.3) is 6.08 Å². The molecule has 0 N–H and O–H groups in total. The minimum atomic E-state index is -0.228. The predicted octanol–water partition coefficient (Wildman–Crippen LogP) is 4.17. The van der Waals surface area contributed by atoms with E-state index >= 15 is 0 Å². The van der Waals surface area contributed by atoms with Crippen LogP contribution in [-0.2, 0) is 18.3 Å². The smallest absolute Gasteiger partial charge is 0.162 e. The summed E-state index contributed by atoms with van der Waals surface area (Å²) in [5.74, 6) is 5.55. The lowest BCUT2D eigenvalue weighted by Gasteiger charge is -2.58. The number of nitrogens with zero attached hydrogens (tertiary/aromatic N) is 2. The topological polar surface area (TPSA) is 52.1 Å². The monoisotopic (exact) mass is 334 g/mol. The van der Waals surface area contributed by atoms with Crippen molar-refractivity contribution in [3.63, 3.8) is 0 Å². The first-order valence-electron chi connectivity index (χ1n) is 8.99. The molecule has 25 heavy (non-hydrogen) atoms. The van der Waals surface area contributed by atoms with E-state index in [-0.39, 0.29) is 16.2 Å². The molecule has 2 heterocycles. The van der Waals surface area contributed by atoms with Crippen LogP contribution in [0.2, 0.25) is 0 Å². The normalized spacial score (nSPS) is 34.8. The van der Waals surface area contributed by atoms with Crippen LogP contribution in [0.1, 0.15) is 56.3 Å². The average molecular weight is 334 g/mol. The molecule has 0 amide bonds. The molecule has 0 radical (unpaired) electrons. The second-order valence-electron chi connectivity index (χ2n) is 8.76. The van der Waals surface area contributed by atoms with Crippen LogP contribution >= 0.6 is 0 Å². The Morgan fingerprint density at radius 2 is 1.88 bits per heavy atom. The number of hydrogen-bond acceptors (Lipinski definition) is 4. The van der Waals surface area contributed by atoms with Crippen LogP contribution in [0.15, 0.2) is 27.0 Å². The molecule has 4 nitrogen and oxygen atoms in total. The number of hydrogen-bond donors (Lipinski definition) is 0. The highest BCUT2D eigenvalue weighted by Crippen LogP contribution is 2.65. The Hall–Kier alpha value is -2.28. The lowest BCUT2D eigenvalue weighted by Crippen LogP contribution is -2.54. The zero-order chi connectivity index (χ0) is 17.4. The molecule has 3 aliphatic carbocycles. The van der Waals surface area contributed by atoms with Crippen LogP contribution in [0, 0.1) is 29.1 Å². The van der Waals surface area contributed by atoms with Crippen LogP contribution in [-0.4, -0.2) is 10.3 Å². The fourth-order valence-electron chi connectivity index (χ4n) is 6.09. The van der Waals surface area contributed by atoms with Crippen LogP contribution in [0.3, 0.4) is 0 Å². The van der Waals surface area contributed by atoms with Crippen molar-refractivity contribution in [3.05, 3.63) is 40.6 Å². The summed E-state index contributed by atoms with van der Waals surface area (Å²) in [5, 5.41) is 8.09. The highest BCUT2D eigenvalue weighted by Gasteiger charge is 2.60. The molecule has 128 valence electrons. The molecule has 0 spiro atoms. The van der Waals surface area contributed by atoms with E-state index in [0.717, 1.165) is 42.8 Å². The number of rotatable bonds is 0. The first-order valence-corrected chi connectivity index (χ1v) is 8.99. The summed E-state index contributed by atoms with van der Waals surface area (Å²) in [6, 6.07) is 0. The van der Waals surface area contributed by atoms with Gasteiger partial charge in [0.25, 0.3) is 0 Å². The van der Waals surface area contributed by atoms with E-state index in [1.807, 2.05) is 12.4 Å². The van der Waals surface area contributed by atoms with Gasteiger partial charge in [0.2, 0.25) is 0 Å². The average Bonchev–Trinajstić information content (AvgIpc) is 3.21. The Morgan fingerprint density at radius 1 is 1.12 bits per heavy atom. The molecule has 3 unspecified atom stereocenters. The third-order valence-corrected chi connectivity index (χ3v) is 7.14. The maximum Gasteiger partial charge on any atom is 0.162 e. The lowest BCUT2D eigenvalue weighted by molar-refractivity contribution is 0.0401. The highest BCUT2D eigenvalue weighted by atomic mass is 16.5. The predicted molar refractivity (Wildman–Crippen MR) is 93.5 cm³/mol. The Balaban J connectivity index is 1.75. The highest BCUT2D eigenvalue weighted by molar-refractivity contribution is 5.62. The van der Waals surface area contributed by atoms with Crippen molar-refractivity contribution in [3.8, 4) is 12.3 Å². The summed E-state index contributed by atoms with van der Waals surface area (Å²) in [5.41, 5.74) is 3.35. The first-order chi connectivity index (χ1) is 11.9. The van der Waals surface area contributed by atoms with Gasteiger partial charge in [-0.2, -0.15) is 0 Å². The van der Waals surface area contributed by atoms with Crippen LogP contribution < -0.4 is 0 Å². The molecule has 3 aliphatic rings. The van der Waals surface area contributed by atoms with E-state index in [1.165, 1.54) is 11.1 Å². The quantitative estimate of drug-likeness (QED) is 0.679. The lowest BCUT2D eigenvalue weighted by atomic mass is 9.44. The molecule has 3 atom stereocenters. The van der Waals surface area contributed by atoms with Crippen molar-refractivity contribution < 1.29 is 9.05 Å². The molecule has 2 aromatic heterocycles. The molecule has 0 saturated heterocycles. The van der Waals surface area contributed by atoms with E-state index in [4.69, 9.17) is 15.5 Å². The third kappa shape index (κ3) is 1.69. The molecule has 0 aromatic carbocycles. The van der Waals surface area contributed by atoms with Gasteiger partial charge >= 0.3 is 0 Å². The van der Waals surface area contributed by atoms with Crippen molar-refractivity contribution in [2.75, 3.05) is 0 Å². The molecule has 1 saturated carbocycles. The number of allylic oxidation sites excluding steroid dienone is 1. The summed E-state index contributed by atoms with van der Waals surface area (Å²) in [6.45, 7) is 6.93. The van der Waals surface area contributed by atoms with Gasteiger partial charge in [0.15, 0.2) is 5.76 Å². The maximum atomic E-state index is 6.12. The molecule has 0 bridgehead atoms. The Kier molecular flexibility index (Phi) is 2.68. The van der Waals surface area contributed by atoms with Gasteiger partial charge in [0.1, 0.15) is 5.76 Å². The summed E-state index contributed by atoms with van der Waals surface area (Å²) in [6.07, 6.45) is 15.8. The Bertz CT molecular complexity index is 941. The molecule has 4 heteroatoms. The standard InChI is InChI=1S/C21H22N2O2/c1-5-21-7-6-16-19(2,3)18-14(12-23-25-18)9-20(16,4)17(21)8-15-13(10-21)11-22-24-15/h1,8,11-12,16H,6-7,9-10H2,2-4H3. The summed E-state index contributed by atoms with van der Waals surface area (Å²) in [7, 11) is 0. The zero-order valence-corrected chi connectivity index (χ0v) is 14.9. The molecule has 5 rings (SSSR count). The molecule has 1 fully saturated rings. The minimum Gasteiger partial charge on any atom is -0.361 e. The summed E-state index contributed by atoms with van der Waals surface area (Å²) >= 11 is 0. The van der Waals surface area contributed by atoms with Crippen molar-refractivity contribution in [1.82, 2.24) is 10.3 Å². The van der Waals surface area contributed by atoms with Gasteiger partial charge in [-0.05, 0) is 48.7 Å². The second kappa shape index (κ2) is 4.46. The van der Waals surface area contributed by atoms with Crippen LogP contribution in [0.4, 0.5) is 0 Å². The van der Waals surface area contributed by atoms with Crippen molar-refractivity contribution in [2.24, 2.45) is 16.7 Å². The zero-order valence-electron chi connectivity index (χ0n) is 14.9. The van der Waals surface area contributed by atoms with E-state index in [1.54, 1.807) is 0 Å². The SMILES string of the molecule is C#CC12CCC3C(C)(Cc4cnoc4C3(C)C)C1=Cc1oncc1C2. The molecular weight excluding hydrogens is 312 g/mol.